The van der Waals surface area contributed by atoms with E-state index in [4.69, 9.17) is 0 Å². The molecule has 1 aliphatic heterocycles. The molecule has 0 aliphatic carbocycles. The summed E-state index contributed by atoms with van der Waals surface area (Å²) in [7, 11) is -6.26. The molecule has 0 aromatic heterocycles. The van der Waals surface area contributed by atoms with Crippen LogP contribution in [0.25, 0.3) is 0 Å². The van der Waals surface area contributed by atoms with Crippen molar-refractivity contribution in [2.24, 2.45) is 4.99 Å². The van der Waals surface area contributed by atoms with Crippen molar-refractivity contribution in [1.29, 1.82) is 0 Å². The zero-order chi connectivity index (χ0) is 18.1. The normalized spacial score (nSPS) is 17.6. The molecule has 4 nitrogen and oxygen atoms in total. The van der Waals surface area contributed by atoms with Gasteiger partial charge in [-0.2, -0.15) is 43.5 Å². The zero-order valence-corrected chi connectivity index (χ0v) is 11.6. The largest absolute Gasteiger partial charge is 0.523 e. The average molecular weight is 373 g/mol. The van der Waals surface area contributed by atoms with Gasteiger partial charge in [0.25, 0.3) is 0 Å². The van der Waals surface area contributed by atoms with Crippen LogP contribution in [0.1, 0.15) is 6.42 Å². The molecular weight excluding hydrogens is 366 g/mol. The zero-order valence-electron chi connectivity index (χ0n) is 10.8. The summed E-state index contributed by atoms with van der Waals surface area (Å²) in [5.41, 5.74) is -8.53. The first kappa shape index (κ1) is 19.5. The SMILES string of the molecule is O=S(=O)(OCC(F)(F)C1=NC=C(C(F)(F)F)C=CC1)C(F)(F)F. The van der Waals surface area contributed by atoms with Crippen molar-refractivity contribution >= 4 is 15.8 Å². The maximum absolute atomic E-state index is 13.6. The lowest BCUT2D eigenvalue weighted by atomic mass is 10.1. The standard InChI is InChI=1S/C10H7F8NO3S/c11-8(12,5-22-23(20,21)10(16,17)18)7-3-1-2-6(4-19-7)9(13,14)15/h1-2,4H,3,5H2. The minimum absolute atomic E-state index is 0.0605. The van der Waals surface area contributed by atoms with Gasteiger partial charge in [-0.3, -0.25) is 9.18 Å². The Morgan fingerprint density at radius 2 is 1.65 bits per heavy atom. The maximum atomic E-state index is 13.6. The molecule has 0 atom stereocenters. The highest BCUT2D eigenvalue weighted by molar-refractivity contribution is 7.87. The summed E-state index contributed by atoms with van der Waals surface area (Å²) in [4.78, 5) is 2.87. The van der Waals surface area contributed by atoms with Crippen LogP contribution in [0, 0.1) is 0 Å². The van der Waals surface area contributed by atoms with Crippen molar-refractivity contribution in [3.8, 4) is 0 Å². The summed E-state index contributed by atoms with van der Waals surface area (Å²) in [5, 5.41) is 0. The molecule has 1 heterocycles. The van der Waals surface area contributed by atoms with E-state index < -0.39 is 52.0 Å². The Morgan fingerprint density at radius 1 is 1.09 bits per heavy atom. The Kier molecular flexibility index (Phi) is 5.26. The predicted molar refractivity (Wildman–Crippen MR) is 61.2 cm³/mol. The molecule has 0 aromatic rings. The minimum atomic E-state index is -6.26. The van der Waals surface area contributed by atoms with Gasteiger partial charge in [0.15, 0.2) is 0 Å². The van der Waals surface area contributed by atoms with Crippen LogP contribution in [0.3, 0.4) is 0 Å². The molecule has 0 unspecified atom stereocenters. The summed E-state index contributed by atoms with van der Waals surface area (Å²) in [6.45, 7) is -2.24. The van der Waals surface area contributed by atoms with Crippen LogP contribution < -0.4 is 0 Å². The smallest absolute Gasteiger partial charge is 0.258 e. The van der Waals surface area contributed by atoms with E-state index in [0.29, 0.717) is 12.2 Å². The van der Waals surface area contributed by atoms with E-state index in [0.717, 1.165) is 0 Å². The van der Waals surface area contributed by atoms with Gasteiger partial charge in [0.05, 0.1) is 11.3 Å². The number of halogens is 8. The maximum Gasteiger partial charge on any atom is 0.523 e. The Hall–Kier alpha value is -1.50. The van der Waals surface area contributed by atoms with Crippen LogP contribution in [-0.4, -0.2) is 38.3 Å². The summed E-state index contributed by atoms with van der Waals surface area (Å²) < 4.78 is 124. The molecule has 13 heteroatoms. The molecule has 0 bridgehead atoms. The van der Waals surface area contributed by atoms with E-state index in [9.17, 15) is 43.5 Å². The van der Waals surface area contributed by atoms with Crippen molar-refractivity contribution in [3.63, 3.8) is 0 Å². The molecule has 1 aliphatic rings. The third-order valence-electron chi connectivity index (χ3n) is 2.40. The first-order valence-electron chi connectivity index (χ1n) is 5.51. The highest BCUT2D eigenvalue weighted by Gasteiger charge is 2.50. The Labute approximate surface area is 124 Å². The highest BCUT2D eigenvalue weighted by atomic mass is 32.2. The van der Waals surface area contributed by atoms with Gasteiger partial charge in [-0.25, -0.2) is 0 Å². The fourth-order valence-corrected chi connectivity index (χ4v) is 1.69. The van der Waals surface area contributed by atoms with Crippen LogP contribution in [0.5, 0.6) is 0 Å². The van der Waals surface area contributed by atoms with Crippen LogP contribution in [0.15, 0.2) is 28.9 Å². The van der Waals surface area contributed by atoms with Crippen molar-refractivity contribution in [2.45, 2.75) is 24.0 Å². The third-order valence-corrected chi connectivity index (χ3v) is 3.39. The van der Waals surface area contributed by atoms with Gasteiger partial charge in [-0.05, 0) is 0 Å². The number of rotatable bonds is 4. The number of nitrogens with zero attached hydrogens (tertiary/aromatic N) is 1. The molecule has 132 valence electrons. The highest BCUT2D eigenvalue weighted by Crippen LogP contribution is 2.31. The van der Waals surface area contributed by atoms with Crippen LogP contribution in [0.4, 0.5) is 35.1 Å². The molecule has 23 heavy (non-hydrogen) atoms. The Bertz CT molecular complexity index is 642. The molecule has 0 spiro atoms. The van der Waals surface area contributed by atoms with Crippen molar-refractivity contribution in [1.82, 2.24) is 0 Å². The van der Waals surface area contributed by atoms with E-state index >= 15 is 0 Å². The van der Waals surface area contributed by atoms with Crippen molar-refractivity contribution in [2.75, 3.05) is 6.61 Å². The fraction of sp³-hybridized carbons (Fsp3) is 0.500. The summed E-state index contributed by atoms with van der Waals surface area (Å²) in [6, 6.07) is 0. The second kappa shape index (κ2) is 6.19. The fourth-order valence-electron chi connectivity index (χ4n) is 1.25. The number of hydrogen-bond donors (Lipinski definition) is 0. The minimum Gasteiger partial charge on any atom is -0.258 e. The van der Waals surface area contributed by atoms with E-state index in [1.165, 1.54) is 0 Å². The number of aliphatic imine (C=N–C) groups is 1. The van der Waals surface area contributed by atoms with Crippen molar-refractivity contribution in [3.05, 3.63) is 23.9 Å². The molecule has 0 saturated carbocycles. The molecule has 0 N–H and O–H groups in total. The lowest BCUT2D eigenvalue weighted by molar-refractivity contribution is -0.0883. The quantitative estimate of drug-likeness (QED) is 0.432. The van der Waals surface area contributed by atoms with Gasteiger partial charge < -0.3 is 0 Å². The van der Waals surface area contributed by atoms with E-state index in [1.807, 2.05) is 0 Å². The van der Waals surface area contributed by atoms with E-state index in [2.05, 4.69) is 9.18 Å². The summed E-state index contributed by atoms with van der Waals surface area (Å²) in [5.74, 6) is -4.32. The molecule has 0 aromatic carbocycles. The van der Waals surface area contributed by atoms with Crippen LogP contribution in [-0.2, 0) is 14.3 Å². The van der Waals surface area contributed by atoms with Gasteiger partial charge in [-0.15, -0.1) is 0 Å². The van der Waals surface area contributed by atoms with E-state index in [1.54, 1.807) is 0 Å². The molecule has 0 radical (unpaired) electrons. The van der Waals surface area contributed by atoms with Gasteiger partial charge >= 0.3 is 27.7 Å². The molecule has 1 rings (SSSR count). The average Bonchev–Trinajstić information content (AvgIpc) is 2.61. The Morgan fingerprint density at radius 3 is 2.13 bits per heavy atom. The van der Waals surface area contributed by atoms with Crippen LogP contribution >= 0.6 is 0 Å². The first-order valence-corrected chi connectivity index (χ1v) is 6.92. The summed E-state index contributed by atoms with van der Waals surface area (Å²) in [6.07, 6.45) is -4.51. The Balaban J connectivity index is 2.96. The second-order valence-corrected chi connectivity index (χ2v) is 5.74. The molecule has 0 amide bonds. The van der Waals surface area contributed by atoms with Gasteiger partial charge in [0.2, 0.25) is 0 Å². The first-order chi connectivity index (χ1) is 10.2. The molecular formula is C10H7F8NO3S. The second-order valence-electron chi connectivity index (χ2n) is 4.13. The van der Waals surface area contributed by atoms with Gasteiger partial charge in [0.1, 0.15) is 6.61 Å². The monoisotopic (exact) mass is 373 g/mol. The number of alkyl halides is 8. The van der Waals surface area contributed by atoms with Crippen LogP contribution in [0.2, 0.25) is 0 Å². The molecule has 0 fully saturated rings. The van der Waals surface area contributed by atoms with E-state index in [-0.39, 0.29) is 6.20 Å². The number of hydrogen-bond acceptors (Lipinski definition) is 4. The topological polar surface area (TPSA) is 55.7 Å². The van der Waals surface area contributed by atoms with Crippen molar-refractivity contribution < 1.29 is 47.7 Å². The van der Waals surface area contributed by atoms with Gasteiger partial charge in [0, 0.05) is 12.6 Å². The van der Waals surface area contributed by atoms with Gasteiger partial charge in [-0.1, -0.05) is 12.2 Å². The number of allylic oxidation sites excluding steroid dienone is 3. The third kappa shape index (κ3) is 4.99. The predicted octanol–water partition coefficient (Wildman–Crippen LogP) is 3.34. The lowest BCUT2D eigenvalue weighted by Crippen LogP contribution is -2.37. The molecule has 0 saturated heterocycles. The summed E-state index contributed by atoms with van der Waals surface area (Å²) >= 11 is 0. The lowest BCUT2D eigenvalue weighted by Gasteiger charge is -2.17.